The second-order valence-electron chi connectivity index (χ2n) is 1.83. The Morgan fingerprint density at radius 2 is 2.38 bits per heavy atom. The maximum atomic E-state index is 9.67. The summed E-state index contributed by atoms with van der Waals surface area (Å²) in [4.78, 5) is 9.67. The van der Waals surface area contributed by atoms with Crippen LogP contribution in [0.25, 0.3) is 0 Å². The Hall–Kier alpha value is -0.530. The normalized spacial score (nSPS) is 12.8. The summed E-state index contributed by atoms with van der Waals surface area (Å²) in [5.41, 5.74) is 0. The van der Waals surface area contributed by atoms with Crippen LogP contribution in [0.5, 0.6) is 0 Å². The summed E-state index contributed by atoms with van der Waals surface area (Å²) in [5, 5.41) is 0. The summed E-state index contributed by atoms with van der Waals surface area (Å²) in [5.74, 6) is 0. The van der Waals surface area contributed by atoms with E-state index in [0.717, 1.165) is 12.8 Å². The first-order valence-corrected chi connectivity index (χ1v) is 2.90. The highest BCUT2D eigenvalue weighted by Crippen LogP contribution is 1.97. The number of rotatable bonds is 4. The SMILES string of the molecule is CCC[C@H](C)OC=O. The Morgan fingerprint density at radius 3 is 2.75 bits per heavy atom. The number of carbonyl (C=O) groups is 1. The molecular formula is C6H12O2. The highest BCUT2D eigenvalue weighted by Gasteiger charge is 1.96. The van der Waals surface area contributed by atoms with Crippen molar-refractivity contribution in [2.75, 3.05) is 0 Å². The fourth-order valence-electron chi connectivity index (χ4n) is 0.569. The maximum absolute atomic E-state index is 9.67. The minimum atomic E-state index is 0.0949. The molecule has 48 valence electrons. The van der Waals surface area contributed by atoms with Gasteiger partial charge in [-0.05, 0) is 13.3 Å². The molecule has 0 amide bonds. The summed E-state index contributed by atoms with van der Waals surface area (Å²) in [6, 6.07) is 0. The summed E-state index contributed by atoms with van der Waals surface area (Å²) in [7, 11) is 0. The first-order valence-electron chi connectivity index (χ1n) is 2.90. The van der Waals surface area contributed by atoms with Crippen molar-refractivity contribution in [3.63, 3.8) is 0 Å². The van der Waals surface area contributed by atoms with Crippen LogP contribution in [-0.2, 0) is 9.53 Å². The van der Waals surface area contributed by atoms with Crippen LogP contribution in [0.3, 0.4) is 0 Å². The third-order valence-corrected chi connectivity index (χ3v) is 0.983. The van der Waals surface area contributed by atoms with Crippen LogP contribution in [0.2, 0.25) is 0 Å². The second-order valence-corrected chi connectivity index (χ2v) is 1.83. The monoisotopic (exact) mass is 116 g/mol. The Kier molecular flexibility index (Phi) is 4.32. The van der Waals surface area contributed by atoms with Crippen LogP contribution in [0.4, 0.5) is 0 Å². The summed E-state index contributed by atoms with van der Waals surface area (Å²) in [6.45, 7) is 4.45. The molecule has 0 aromatic heterocycles. The van der Waals surface area contributed by atoms with Gasteiger partial charge in [-0.15, -0.1) is 0 Å². The van der Waals surface area contributed by atoms with Gasteiger partial charge in [0.1, 0.15) is 0 Å². The van der Waals surface area contributed by atoms with E-state index in [0.29, 0.717) is 6.47 Å². The van der Waals surface area contributed by atoms with Gasteiger partial charge in [-0.2, -0.15) is 0 Å². The molecule has 0 aromatic rings. The van der Waals surface area contributed by atoms with Gasteiger partial charge in [0.25, 0.3) is 6.47 Å². The first-order chi connectivity index (χ1) is 3.81. The van der Waals surface area contributed by atoms with Gasteiger partial charge >= 0.3 is 0 Å². The van der Waals surface area contributed by atoms with Crippen LogP contribution < -0.4 is 0 Å². The lowest BCUT2D eigenvalue weighted by molar-refractivity contribution is -0.133. The molecule has 2 heteroatoms. The number of hydrogen-bond acceptors (Lipinski definition) is 2. The molecule has 0 heterocycles. The van der Waals surface area contributed by atoms with Gasteiger partial charge in [-0.25, -0.2) is 0 Å². The van der Waals surface area contributed by atoms with E-state index >= 15 is 0 Å². The zero-order chi connectivity index (χ0) is 6.41. The van der Waals surface area contributed by atoms with Gasteiger partial charge in [0, 0.05) is 0 Å². The molecule has 0 saturated carbocycles. The minimum Gasteiger partial charge on any atom is -0.465 e. The number of ether oxygens (including phenoxy) is 1. The van der Waals surface area contributed by atoms with Crippen LogP contribution in [0, 0.1) is 0 Å². The predicted molar refractivity (Wildman–Crippen MR) is 31.5 cm³/mol. The van der Waals surface area contributed by atoms with Gasteiger partial charge < -0.3 is 4.74 Å². The molecule has 0 rings (SSSR count). The van der Waals surface area contributed by atoms with Crippen molar-refractivity contribution in [1.29, 1.82) is 0 Å². The molecule has 0 saturated heterocycles. The average Bonchev–Trinajstić information content (AvgIpc) is 1.68. The fraction of sp³-hybridized carbons (Fsp3) is 0.833. The number of hydrogen-bond donors (Lipinski definition) is 0. The third-order valence-electron chi connectivity index (χ3n) is 0.983. The van der Waals surface area contributed by atoms with Crippen LogP contribution in [0.15, 0.2) is 0 Å². The lowest BCUT2D eigenvalue weighted by Gasteiger charge is -2.04. The Balaban J connectivity index is 3.03. The molecule has 1 atom stereocenters. The van der Waals surface area contributed by atoms with Crippen molar-refractivity contribution in [2.24, 2.45) is 0 Å². The highest BCUT2D eigenvalue weighted by molar-refractivity contribution is 5.37. The molecule has 0 radical (unpaired) electrons. The lowest BCUT2D eigenvalue weighted by Crippen LogP contribution is -2.04. The van der Waals surface area contributed by atoms with Crippen molar-refractivity contribution in [2.45, 2.75) is 32.8 Å². The smallest absolute Gasteiger partial charge is 0.293 e. The molecule has 0 aliphatic rings. The zero-order valence-electron chi connectivity index (χ0n) is 5.39. The van der Waals surface area contributed by atoms with Crippen LogP contribution in [0.1, 0.15) is 26.7 Å². The molecule has 0 spiro atoms. The minimum absolute atomic E-state index is 0.0949. The van der Waals surface area contributed by atoms with Crippen molar-refractivity contribution in [3.05, 3.63) is 0 Å². The Labute approximate surface area is 49.8 Å². The largest absolute Gasteiger partial charge is 0.465 e. The van der Waals surface area contributed by atoms with Crippen molar-refractivity contribution >= 4 is 6.47 Å². The fourth-order valence-corrected chi connectivity index (χ4v) is 0.569. The molecule has 0 aliphatic carbocycles. The maximum Gasteiger partial charge on any atom is 0.293 e. The standard InChI is InChI=1S/C6H12O2/c1-3-4-6(2)8-5-7/h5-6H,3-4H2,1-2H3/t6-/m0/s1. The topological polar surface area (TPSA) is 26.3 Å². The molecule has 2 nitrogen and oxygen atoms in total. The van der Waals surface area contributed by atoms with Crippen LogP contribution >= 0.6 is 0 Å². The molecule has 8 heavy (non-hydrogen) atoms. The van der Waals surface area contributed by atoms with Gasteiger partial charge in [-0.3, -0.25) is 4.79 Å². The predicted octanol–water partition coefficient (Wildman–Crippen LogP) is 1.35. The summed E-state index contributed by atoms with van der Waals surface area (Å²) in [6.07, 6.45) is 2.12. The lowest BCUT2D eigenvalue weighted by atomic mass is 10.2. The van der Waals surface area contributed by atoms with E-state index in [4.69, 9.17) is 0 Å². The van der Waals surface area contributed by atoms with E-state index in [1.807, 2.05) is 6.92 Å². The molecule has 0 unspecified atom stereocenters. The molecule has 0 bridgehead atoms. The summed E-state index contributed by atoms with van der Waals surface area (Å²) >= 11 is 0. The number of carbonyl (C=O) groups excluding carboxylic acids is 1. The second kappa shape index (κ2) is 4.62. The molecular weight excluding hydrogens is 104 g/mol. The van der Waals surface area contributed by atoms with E-state index < -0.39 is 0 Å². The van der Waals surface area contributed by atoms with Crippen molar-refractivity contribution in [1.82, 2.24) is 0 Å². The van der Waals surface area contributed by atoms with Crippen molar-refractivity contribution < 1.29 is 9.53 Å². The van der Waals surface area contributed by atoms with Gasteiger partial charge in [-0.1, -0.05) is 13.3 Å². The third kappa shape index (κ3) is 3.65. The highest BCUT2D eigenvalue weighted by atomic mass is 16.5. The van der Waals surface area contributed by atoms with E-state index in [1.54, 1.807) is 0 Å². The average molecular weight is 116 g/mol. The van der Waals surface area contributed by atoms with Gasteiger partial charge in [0.2, 0.25) is 0 Å². The van der Waals surface area contributed by atoms with E-state index in [9.17, 15) is 4.79 Å². The molecule has 0 fully saturated rings. The Morgan fingerprint density at radius 1 is 1.75 bits per heavy atom. The zero-order valence-corrected chi connectivity index (χ0v) is 5.39. The molecule has 0 N–H and O–H groups in total. The summed E-state index contributed by atoms with van der Waals surface area (Å²) < 4.78 is 4.60. The van der Waals surface area contributed by atoms with E-state index in [2.05, 4.69) is 11.7 Å². The van der Waals surface area contributed by atoms with E-state index in [1.165, 1.54) is 0 Å². The van der Waals surface area contributed by atoms with E-state index in [-0.39, 0.29) is 6.10 Å². The Bertz CT molecular complexity index is 61.5. The van der Waals surface area contributed by atoms with Crippen molar-refractivity contribution in [3.8, 4) is 0 Å². The van der Waals surface area contributed by atoms with Crippen LogP contribution in [-0.4, -0.2) is 12.6 Å². The van der Waals surface area contributed by atoms with Gasteiger partial charge in [0.05, 0.1) is 6.10 Å². The first kappa shape index (κ1) is 7.47. The molecule has 0 aromatic carbocycles. The molecule has 0 aliphatic heterocycles. The van der Waals surface area contributed by atoms with Gasteiger partial charge in [0.15, 0.2) is 0 Å². The quantitative estimate of drug-likeness (QED) is 0.518.